The minimum atomic E-state index is -0.429. The predicted molar refractivity (Wildman–Crippen MR) is 93.9 cm³/mol. The van der Waals surface area contributed by atoms with Crippen molar-refractivity contribution in [3.63, 3.8) is 0 Å². The third-order valence-corrected chi connectivity index (χ3v) is 4.47. The topological polar surface area (TPSA) is 49.4 Å². The lowest BCUT2D eigenvalue weighted by atomic mass is 10.2. The first kappa shape index (κ1) is 16.3. The first-order valence-electron chi connectivity index (χ1n) is 7.35. The molecule has 1 fully saturated rings. The van der Waals surface area contributed by atoms with Crippen LogP contribution in [0.2, 0.25) is 0 Å². The van der Waals surface area contributed by atoms with Crippen molar-refractivity contribution in [2.45, 2.75) is 6.92 Å². The summed E-state index contributed by atoms with van der Waals surface area (Å²) < 4.78 is 13.7. The number of hydrogen-bond acceptors (Lipinski definition) is 4. The minimum Gasteiger partial charge on any atom is -0.367 e. The van der Waals surface area contributed by atoms with E-state index in [2.05, 4.69) is 5.32 Å². The van der Waals surface area contributed by atoms with Gasteiger partial charge in [-0.2, -0.15) is 0 Å². The fourth-order valence-corrected chi connectivity index (χ4v) is 3.04. The van der Waals surface area contributed by atoms with Gasteiger partial charge in [0.25, 0.3) is 11.1 Å². The summed E-state index contributed by atoms with van der Waals surface area (Å²) in [6, 6.07) is 13.8. The van der Waals surface area contributed by atoms with Gasteiger partial charge in [-0.15, -0.1) is 0 Å². The van der Waals surface area contributed by atoms with E-state index in [4.69, 9.17) is 0 Å². The van der Waals surface area contributed by atoms with Crippen molar-refractivity contribution >= 4 is 34.7 Å². The zero-order chi connectivity index (χ0) is 17.1. The molecule has 0 aliphatic carbocycles. The summed E-state index contributed by atoms with van der Waals surface area (Å²) in [7, 11) is 0. The molecule has 2 aromatic carbocycles. The van der Waals surface area contributed by atoms with Gasteiger partial charge in [-0.05, 0) is 43.0 Å². The summed E-state index contributed by atoms with van der Waals surface area (Å²) in [6.45, 7) is 2.05. The number of anilines is 1. The Morgan fingerprint density at radius 3 is 2.54 bits per heavy atom. The van der Waals surface area contributed by atoms with Gasteiger partial charge in [0.15, 0.2) is 0 Å². The molecule has 1 aliphatic heterocycles. The molecule has 2 amide bonds. The molecule has 1 saturated heterocycles. The Bertz CT molecular complexity index is 818. The monoisotopic (exact) mass is 342 g/mol. The standard InChI is InChI=1S/C18H15FN2O2S/c1-12-6-8-14(9-7-12)20-11-21-17(22)16(24-18(21)23)10-13-4-2-3-5-15(13)19/h2-10,20H,11H2,1H3/b16-10-. The van der Waals surface area contributed by atoms with Gasteiger partial charge in [-0.1, -0.05) is 35.9 Å². The first-order chi connectivity index (χ1) is 11.5. The van der Waals surface area contributed by atoms with Crippen LogP contribution in [0, 0.1) is 12.7 Å². The average molecular weight is 342 g/mol. The number of imide groups is 1. The maximum atomic E-state index is 13.7. The van der Waals surface area contributed by atoms with E-state index in [1.54, 1.807) is 18.2 Å². The zero-order valence-corrected chi connectivity index (χ0v) is 13.8. The van der Waals surface area contributed by atoms with Crippen molar-refractivity contribution < 1.29 is 14.0 Å². The smallest absolute Gasteiger partial charge is 0.295 e. The number of carbonyl (C=O) groups is 2. The molecule has 0 atom stereocenters. The van der Waals surface area contributed by atoms with Crippen molar-refractivity contribution in [1.82, 2.24) is 4.90 Å². The molecule has 1 aliphatic rings. The Labute approximate surface area is 143 Å². The predicted octanol–water partition coefficient (Wildman–Crippen LogP) is 4.24. The van der Waals surface area contributed by atoms with Crippen LogP contribution >= 0.6 is 11.8 Å². The quantitative estimate of drug-likeness (QED) is 0.845. The molecule has 1 N–H and O–H groups in total. The highest BCUT2D eigenvalue weighted by Crippen LogP contribution is 2.32. The van der Waals surface area contributed by atoms with Gasteiger partial charge in [-0.25, -0.2) is 4.39 Å². The summed E-state index contributed by atoms with van der Waals surface area (Å²) >= 11 is 0.815. The molecule has 0 bridgehead atoms. The largest absolute Gasteiger partial charge is 0.367 e. The Kier molecular flexibility index (Phi) is 4.66. The van der Waals surface area contributed by atoms with Gasteiger partial charge >= 0.3 is 0 Å². The van der Waals surface area contributed by atoms with Crippen LogP contribution in [0.15, 0.2) is 53.4 Å². The molecule has 24 heavy (non-hydrogen) atoms. The third-order valence-electron chi connectivity index (χ3n) is 3.56. The number of nitrogens with zero attached hydrogens (tertiary/aromatic N) is 1. The Hall–Kier alpha value is -2.60. The molecule has 0 radical (unpaired) electrons. The van der Waals surface area contributed by atoms with Crippen LogP contribution in [0.3, 0.4) is 0 Å². The number of benzene rings is 2. The van der Waals surface area contributed by atoms with Gasteiger partial charge in [0.05, 0.1) is 11.6 Å². The molecule has 0 aromatic heterocycles. The lowest BCUT2D eigenvalue weighted by Gasteiger charge is -2.14. The van der Waals surface area contributed by atoms with Crippen LogP contribution in [-0.2, 0) is 4.79 Å². The van der Waals surface area contributed by atoms with E-state index >= 15 is 0 Å². The molecule has 1 heterocycles. The van der Waals surface area contributed by atoms with Crippen molar-refractivity contribution in [2.75, 3.05) is 12.0 Å². The Morgan fingerprint density at radius 2 is 1.83 bits per heavy atom. The Balaban J connectivity index is 1.72. The summed E-state index contributed by atoms with van der Waals surface area (Å²) in [5.74, 6) is -0.852. The second-order valence-electron chi connectivity index (χ2n) is 5.33. The molecular formula is C18H15FN2O2S. The summed E-state index contributed by atoms with van der Waals surface area (Å²) in [6.07, 6.45) is 1.41. The number of nitrogens with one attached hydrogen (secondary N) is 1. The Morgan fingerprint density at radius 1 is 1.12 bits per heavy atom. The lowest BCUT2D eigenvalue weighted by Crippen LogP contribution is -2.33. The zero-order valence-electron chi connectivity index (χ0n) is 13.0. The number of carbonyl (C=O) groups excluding carboxylic acids is 2. The first-order valence-corrected chi connectivity index (χ1v) is 8.17. The van der Waals surface area contributed by atoms with E-state index in [1.165, 1.54) is 12.1 Å². The molecule has 0 spiro atoms. The molecule has 3 rings (SSSR count). The third kappa shape index (κ3) is 3.49. The van der Waals surface area contributed by atoms with Gasteiger partial charge in [0.2, 0.25) is 0 Å². The summed E-state index contributed by atoms with van der Waals surface area (Å²) in [4.78, 5) is 25.7. The summed E-state index contributed by atoms with van der Waals surface area (Å²) in [5.41, 5.74) is 2.23. The minimum absolute atomic E-state index is 0.0718. The lowest BCUT2D eigenvalue weighted by molar-refractivity contribution is -0.122. The van der Waals surface area contributed by atoms with Crippen LogP contribution in [0.5, 0.6) is 0 Å². The fourth-order valence-electron chi connectivity index (χ4n) is 2.21. The highest BCUT2D eigenvalue weighted by molar-refractivity contribution is 8.18. The van der Waals surface area contributed by atoms with Gasteiger partial charge in [0, 0.05) is 11.3 Å². The average Bonchev–Trinajstić information content (AvgIpc) is 2.83. The number of hydrogen-bond donors (Lipinski definition) is 1. The highest BCUT2D eigenvalue weighted by Gasteiger charge is 2.34. The number of rotatable bonds is 4. The van der Waals surface area contributed by atoms with E-state index in [1.807, 2.05) is 31.2 Å². The van der Waals surface area contributed by atoms with E-state index in [9.17, 15) is 14.0 Å². The van der Waals surface area contributed by atoms with Crippen LogP contribution in [0.1, 0.15) is 11.1 Å². The van der Waals surface area contributed by atoms with Crippen LogP contribution in [-0.4, -0.2) is 22.7 Å². The normalized spacial score (nSPS) is 16.1. The second-order valence-corrected chi connectivity index (χ2v) is 6.33. The van der Waals surface area contributed by atoms with Gasteiger partial charge in [0.1, 0.15) is 5.82 Å². The fraction of sp³-hybridized carbons (Fsp3) is 0.111. The molecule has 4 nitrogen and oxygen atoms in total. The van der Waals surface area contributed by atoms with E-state index in [0.29, 0.717) is 0 Å². The number of thioether (sulfide) groups is 1. The molecule has 0 unspecified atom stereocenters. The van der Waals surface area contributed by atoms with Crippen LogP contribution in [0.4, 0.5) is 14.9 Å². The highest BCUT2D eigenvalue weighted by atomic mass is 32.2. The van der Waals surface area contributed by atoms with Crippen LogP contribution < -0.4 is 5.32 Å². The van der Waals surface area contributed by atoms with Gasteiger partial charge in [-0.3, -0.25) is 14.5 Å². The maximum Gasteiger partial charge on any atom is 0.295 e. The van der Waals surface area contributed by atoms with Crippen molar-refractivity contribution in [1.29, 1.82) is 0 Å². The number of amides is 2. The SMILES string of the molecule is Cc1ccc(NCN2C(=O)S/C(=C\c3ccccc3F)C2=O)cc1. The van der Waals surface area contributed by atoms with Crippen molar-refractivity contribution in [3.05, 3.63) is 70.4 Å². The van der Waals surface area contributed by atoms with Crippen molar-refractivity contribution in [3.8, 4) is 0 Å². The van der Waals surface area contributed by atoms with Crippen molar-refractivity contribution in [2.24, 2.45) is 0 Å². The van der Waals surface area contributed by atoms with E-state index < -0.39 is 11.7 Å². The maximum absolute atomic E-state index is 13.7. The molecule has 0 saturated carbocycles. The summed E-state index contributed by atoms with van der Waals surface area (Å²) in [5, 5.41) is 2.67. The molecule has 2 aromatic rings. The van der Waals surface area contributed by atoms with Crippen LogP contribution in [0.25, 0.3) is 6.08 Å². The molecular weight excluding hydrogens is 327 g/mol. The van der Waals surface area contributed by atoms with Gasteiger partial charge < -0.3 is 5.32 Å². The number of halogens is 1. The van der Waals surface area contributed by atoms with E-state index in [-0.39, 0.29) is 22.4 Å². The second kappa shape index (κ2) is 6.88. The molecule has 6 heteroatoms. The van der Waals surface area contributed by atoms with E-state index in [0.717, 1.165) is 27.9 Å². The number of aryl methyl sites for hydroxylation is 1. The molecule has 122 valence electrons.